The van der Waals surface area contributed by atoms with Gasteiger partial charge in [-0.05, 0) is 23.6 Å². The zero-order chi connectivity index (χ0) is 10.3. The first-order valence-electron chi connectivity index (χ1n) is 3.78. The van der Waals surface area contributed by atoms with E-state index in [9.17, 15) is 13.9 Å². The molecule has 2 aromatic rings. The normalized spacial score (nSPS) is 11.4. The van der Waals surface area contributed by atoms with Gasteiger partial charge < -0.3 is 5.11 Å². The average molecular weight is 279 g/mol. The second kappa shape index (κ2) is 3.47. The van der Waals surface area contributed by atoms with Gasteiger partial charge in [0, 0.05) is 14.7 Å². The molecule has 0 amide bonds. The molecule has 0 fully saturated rings. The monoisotopic (exact) mass is 278 g/mol. The van der Waals surface area contributed by atoms with E-state index in [2.05, 4.69) is 15.9 Å². The van der Waals surface area contributed by atoms with E-state index in [0.29, 0.717) is 9.86 Å². The number of halogens is 3. The summed E-state index contributed by atoms with van der Waals surface area (Å²) in [5, 5.41) is 9.97. The Morgan fingerprint density at radius 3 is 2.64 bits per heavy atom. The zero-order valence-electron chi connectivity index (χ0n) is 6.80. The summed E-state index contributed by atoms with van der Waals surface area (Å²) in [7, 11) is 0. The van der Waals surface area contributed by atoms with E-state index in [0.717, 1.165) is 4.70 Å². The summed E-state index contributed by atoms with van der Waals surface area (Å²) in [4.78, 5) is 0. The number of hydrogen-bond acceptors (Lipinski definition) is 2. The Hall–Kier alpha value is -0.680. The van der Waals surface area contributed by atoms with Crippen LogP contribution in [0, 0.1) is 0 Å². The number of hydrogen-bond donors (Lipinski definition) is 1. The highest BCUT2D eigenvalue weighted by Gasteiger charge is 2.13. The lowest BCUT2D eigenvalue weighted by Crippen LogP contribution is -1.84. The van der Waals surface area contributed by atoms with Gasteiger partial charge in [0.15, 0.2) is 5.06 Å². The maximum absolute atomic E-state index is 12.5. The molecule has 14 heavy (non-hydrogen) atoms. The lowest BCUT2D eigenvalue weighted by Gasteiger charge is -2.02. The Morgan fingerprint density at radius 1 is 1.29 bits per heavy atom. The van der Waals surface area contributed by atoms with E-state index in [1.54, 1.807) is 6.07 Å². The highest BCUT2D eigenvalue weighted by Crippen LogP contribution is 2.37. The second-order valence-electron chi connectivity index (χ2n) is 2.80. The summed E-state index contributed by atoms with van der Waals surface area (Å²) in [6.45, 7) is 0. The van der Waals surface area contributed by atoms with Gasteiger partial charge >= 0.3 is 0 Å². The van der Waals surface area contributed by atoms with Crippen LogP contribution in [0.25, 0.3) is 10.1 Å². The van der Waals surface area contributed by atoms with Crippen LogP contribution < -0.4 is 0 Å². The number of alkyl halides is 2. The Bertz CT molecular complexity index is 481. The van der Waals surface area contributed by atoms with Crippen molar-refractivity contribution in [2.75, 3.05) is 0 Å². The van der Waals surface area contributed by atoms with Crippen molar-refractivity contribution in [3.05, 3.63) is 28.2 Å². The largest absolute Gasteiger partial charge is 0.499 e. The Balaban J connectivity index is 2.70. The molecule has 0 atom stereocenters. The van der Waals surface area contributed by atoms with Gasteiger partial charge in [-0.2, -0.15) is 0 Å². The van der Waals surface area contributed by atoms with Crippen LogP contribution in [0.1, 0.15) is 12.0 Å². The summed E-state index contributed by atoms with van der Waals surface area (Å²) in [6.07, 6.45) is -2.50. The van der Waals surface area contributed by atoms with Crippen LogP contribution in [0.3, 0.4) is 0 Å². The van der Waals surface area contributed by atoms with Crippen LogP contribution in [0.2, 0.25) is 0 Å². The fourth-order valence-electron chi connectivity index (χ4n) is 1.23. The molecular weight excluding hydrogens is 274 g/mol. The van der Waals surface area contributed by atoms with E-state index in [-0.39, 0.29) is 10.6 Å². The van der Waals surface area contributed by atoms with E-state index in [1.807, 2.05) is 0 Å². The Kier molecular flexibility index (Phi) is 2.45. The highest BCUT2D eigenvalue weighted by molar-refractivity contribution is 9.10. The third-order valence-corrected chi connectivity index (χ3v) is 3.44. The van der Waals surface area contributed by atoms with E-state index < -0.39 is 6.43 Å². The molecule has 5 heteroatoms. The summed E-state index contributed by atoms with van der Waals surface area (Å²) >= 11 is 4.24. The van der Waals surface area contributed by atoms with E-state index >= 15 is 0 Å². The molecule has 1 heterocycles. The van der Waals surface area contributed by atoms with Crippen molar-refractivity contribution in [2.24, 2.45) is 0 Å². The Morgan fingerprint density at radius 2 is 2.00 bits per heavy atom. The van der Waals surface area contributed by atoms with E-state index in [4.69, 9.17) is 0 Å². The van der Waals surface area contributed by atoms with Gasteiger partial charge in [0.1, 0.15) is 0 Å². The highest BCUT2D eigenvalue weighted by atomic mass is 79.9. The molecule has 0 aliphatic rings. The third-order valence-electron chi connectivity index (χ3n) is 1.86. The first-order chi connectivity index (χ1) is 6.58. The molecule has 74 valence electrons. The first-order valence-corrected chi connectivity index (χ1v) is 5.39. The number of rotatable bonds is 1. The summed E-state index contributed by atoms with van der Waals surface area (Å²) < 4.78 is 26.1. The average Bonchev–Trinajstić information content (AvgIpc) is 2.42. The molecule has 1 aromatic carbocycles. The van der Waals surface area contributed by atoms with Crippen LogP contribution in [0.15, 0.2) is 22.7 Å². The predicted octanol–water partition coefficient (Wildman–Crippen LogP) is 4.31. The molecule has 0 aliphatic carbocycles. The van der Waals surface area contributed by atoms with Crippen LogP contribution >= 0.6 is 27.3 Å². The molecule has 0 saturated heterocycles. The van der Waals surface area contributed by atoms with Crippen LogP contribution in [-0.2, 0) is 0 Å². The standard InChI is InChI=1S/C9H5BrF2OS/c10-6-3-7-4(2-8(13)14-7)1-5(6)9(11)12/h1-3,9,13H. The van der Waals surface area contributed by atoms with Crippen LogP contribution in [0.5, 0.6) is 5.06 Å². The van der Waals surface area contributed by atoms with Crippen LogP contribution in [-0.4, -0.2) is 5.11 Å². The minimum Gasteiger partial charge on any atom is -0.499 e. The minimum absolute atomic E-state index is 0.0460. The molecule has 2 rings (SSSR count). The second-order valence-corrected chi connectivity index (χ2v) is 4.71. The van der Waals surface area contributed by atoms with Crippen molar-refractivity contribution in [1.29, 1.82) is 0 Å². The van der Waals surface area contributed by atoms with Gasteiger partial charge in [0.2, 0.25) is 0 Å². The molecular formula is C9H5BrF2OS. The van der Waals surface area contributed by atoms with Gasteiger partial charge in [-0.3, -0.25) is 0 Å². The van der Waals surface area contributed by atoms with Gasteiger partial charge in [0.25, 0.3) is 6.43 Å². The fourth-order valence-corrected chi connectivity index (χ4v) is 2.72. The van der Waals surface area contributed by atoms with Crippen molar-refractivity contribution >= 4 is 37.4 Å². The maximum Gasteiger partial charge on any atom is 0.264 e. The van der Waals surface area contributed by atoms with E-state index in [1.165, 1.54) is 23.5 Å². The van der Waals surface area contributed by atoms with Crippen molar-refractivity contribution in [1.82, 2.24) is 0 Å². The van der Waals surface area contributed by atoms with Gasteiger partial charge in [-0.25, -0.2) is 8.78 Å². The number of aromatic hydroxyl groups is 1. The summed E-state index contributed by atoms with van der Waals surface area (Å²) in [5.41, 5.74) is -0.0460. The van der Waals surface area contributed by atoms with Crippen molar-refractivity contribution < 1.29 is 13.9 Å². The maximum atomic E-state index is 12.5. The van der Waals surface area contributed by atoms with Gasteiger partial charge in [-0.15, -0.1) is 0 Å². The number of fused-ring (bicyclic) bond motifs is 1. The van der Waals surface area contributed by atoms with Crippen molar-refractivity contribution in [2.45, 2.75) is 6.43 Å². The minimum atomic E-state index is -2.50. The van der Waals surface area contributed by atoms with Gasteiger partial charge in [0.05, 0.1) is 0 Å². The molecule has 0 unspecified atom stereocenters. The molecule has 0 aliphatic heterocycles. The summed E-state index contributed by atoms with van der Waals surface area (Å²) in [5.74, 6) is 0. The predicted molar refractivity (Wildman–Crippen MR) is 56.1 cm³/mol. The SMILES string of the molecule is Oc1cc2cc(C(F)F)c(Br)cc2s1. The molecule has 1 aromatic heterocycles. The van der Waals surface area contributed by atoms with Gasteiger partial charge in [-0.1, -0.05) is 27.3 Å². The number of thiophene rings is 1. The van der Waals surface area contributed by atoms with Crippen molar-refractivity contribution in [3.63, 3.8) is 0 Å². The zero-order valence-corrected chi connectivity index (χ0v) is 9.20. The molecule has 0 bridgehead atoms. The van der Waals surface area contributed by atoms with Crippen LogP contribution in [0.4, 0.5) is 8.78 Å². The third kappa shape index (κ3) is 1.62. The molecule has 0 radical (unpaired) electrons. The lowest BCUT2D eigenvalue weighted by molar-refractivity contribution is 0.150. The first kappa shape index (κ1) is 9.86. The molecule has 1 N–H and O–H groups in total. The molecule has 1 nitrogen and oxygen atoms in total. The fraction of sp³-hybridized carbons (Fsp3) is 0.111. The lowest BCUT2D eigenvalue weighted by atomic mass is 10.2. The summed E-state index contributed by atoms with van der Waals surface area (Å²) in [6, 6.07) is 4.47. The van der Waals surface area contributed by atoms with Crippen molar-refractivity contribution in [3.8, 4) is 5.06 Å². The topological polar surface area (TPSA) is 20.2 Å². The Labute approximate surface area is 91.1 Å². The molecule has 0 saturated carbocycles. The quantitative estimate of drug-likeness (QED) is 0.824. The number of benzene rings is 1. The smallest absolute Gasteiger partial charge is 0.264 e. The molecule has 0 spiro atoms.